The Balaban J connectivity index is 1.11. The zero-order valence-corrected chi connectivity index (χ0v) is 27.4. The standard InChI is InChI=1S/C31H39ClF2N10O4/c1-21(17-43-20-37-40-41-43)48-28-14-22(2-7-26(28)32)23-15-35-31(36-16-23)38-27-18-44(39-30(27)47-13-12-46-19-29(33)34)25-5-3-24(4-6-25)42-8-10-45-11-9-42/h2,7,14-16,18,20-21,24-25,29H,3-6,8-13,17,19H2,1H3,(H,35,36,38)/t21-,24-,25-/m0/s1. The summed E-state index contributed by atoms with van der Waals surface area (Å²) in [4.78, 5) is 11.6. The topological polar surface area (TPSA) is 139 Å². The van der Waals surface area contributed by atoms with Crippen molar-refractivity contribution in [1.82, 2.24) is 44.9 Å². The van der Waals surface area contributed by atoms with E-state index in [1.165, 1.54) is 6.33 Å². The summed E-state index contributed by atoms with van der Waals surface area (Å²) < 4.78 is 51.0. The van der Waals surface area contributed by atoms with Crippen LogP contribution >= 0.6 is 11.6 Å². The molecule has 1 aromatic carbocycles. The highest BCUT2D eigenvalue weighted by Gasteiger charge is 2.29. The lowest BCUT2D eigenvalue weighted by molar-refractivity contribution is 0.00467. The molecule has 0 spiro atoms. The van der Waals surface area contributed by atoms with Crippen LogP contribution in [0.25, 0.3) is 11.1 Å². The number of halogens is 3. The first-order valence-electron chi connectivity index (χ1n) is 16.1. The van der Waals surface area contributed by atoms with Crippen molar-refractivity contribution < 1.29 is 27.7 Å². The van der Waals surface area contributed by atoms with Crippen LogP contribution < -0.4 is 14.8 Å². The van der Waals surface area contributed by atoms with Crippen LogP contribution in [0.4, 0.5) is 20.4 Å². The molecule has 1 saturated carbocycles. The number of nitrogens with one attached hydrogen (secondary N) is 1. The molecule has 2 aliphatic rings. The summed E-state index contributed by atoms with van der Waals surface area (Å²) in [6, 6.07) is 6.23. The van der Waals surface area contributed by atoms with Crippen molar-refractivity contribution >= 4 is 23.2 Å². The number of alkyl halides is 2. The number of rotatable bonds is 15. The molecule has 14 nitrogen and oxygen atoms in total. The van der Waals surface area contributed by atoms with Gasteiger partial charge in [-0.1, -0.05) is 17.7 Å². The predicted octanol–water partition coefficient (Wildman–Crippen LogP) is 4.67. The molecule has 1 N–H and O–H groups in total. The Hall–Kier alpha value is -3.99. The van der Waals surface area contributed by atoms with Crippen molar-refractivity contribution in [3.05, 3.63) is 48.1 Å². The zero-order valence-electron chi connectivity index (χ0n) is 26.6. The molecule has 0 bridgehead atoms. The smallest absolute Gasteiger partial charge is 0.261 e. The predicted molar refractivity (Wildman–Crippen MR) is 172 cm³/mol. The first-order valence-corrected chi connectivity index (χ1v) is 16.4. The number of aromatic nitrogens is 8. The molecule has 1 aliphatic carbocycles. The highest BCUT2D eigenvalue weighted by Crippen LogP contribution is 2.35. The van der Waals surface area contributed by atoms with Gasteiger partial charge in [-0.05, 0) is 60.7 Å². The van der Waals surface area contributed by atoms with Gasteiger partial charge in [0, 0.05) is 37.1 Å². The first kappa shape index (κ1) is 33.9. The number of nitrogens with zero attached hydrogens (tertiary/aromatic N) is 9. The van der Waals surface area contributed by atoms with E-state index in [1.54, 1.807) is 23.1 Å². The summed E-state index contributed by atoms with van der Waals surface area (Å²) in [5, 5.41) is 19.6. The maximum atomic E-state index is 12.5. The number of tetrazole rings is 1. The third-order valence-electron chi connectivity index (χ3n) is 8.34. The average Bonchev–Trinajstić information content (AvgIpc) is 3.76. The normalized spacial score (nSPS) is 19.4. The summed E-state index contributed by atoms with van der Waals surface area (Å²) in [5.41, 5.74) is 2.16. The number of hydrogen-bond donors (Lipinski definition) is 1. The maximum absolute atomic E-state index is 12.5. The molecular formula is C31H39ClF2N10O4. The fourth-order valence-electron chi connectivity index (χ4n) is 5.97. The summed E-state index contributed by atoms with van der Waals surface area (Å²) in [7, 11) is 0. The van der Waals surface area contributed by atoms with Gasteiger partial charge in [-0.25, -0.2) is 23.4 Å². The molecular weight excluding hydrogens is 650 g/mol. The molecule has 4 aromatic rings. The molecule has 2 fully saturated rings. The number of ether oxygens (including phenoxy) is 4. The number of hydrogen-bond acceptors (Lipinski definition) is 12. The van der Waals surface area contributed by atoms with Crippen molar-refractivity contribution in [3.8, 4) is 22.8 Å². The van der Waals surface area contributed by atoms with Crippen LogP contribution in [0.3, 0.4) is 0 Å². The van der Waals surface area contributed by atoms with Crippen molar-refractivity contribution in [3.63, 3.8) is 0 Å². The summed E-state index contributed by atoms with van der Waals surface area (Å²) in [6.45, 7) is 5.33. The van der Waals surface area contributed by atoms with Gasteiger partial charge in [0.15, 0.2) is 0 Å². The SMILES string of the molecule is C[C@@H](Cn1cnnn1)Oc1cc(-c2cnc(Nc3cn([C@H]4CC[C@H](N5CCOCC5)CC4)nc3OCCOCC(F)F)nc2)ccc1Cl. The van der Waals surface area contributed by atoms with Gasteiger partial charge in [-0.15, -0.1) is 10.2 Å². The molecule has 1 atom stereocenters. The zero-order chi connectivity index (χ0) is 33.3. The van der Waals surface area contributed by atoms with E-state index in [-0.39, 0.29) is 25.4 Å². The second-order valence-electron chi connectivity index (χ2n) is 11.8. The summed E-state index contributed by atoms with van der Waals surface area (Å²) in [5.74, 6) is 1.19. The highest BCUT2D eigenvalue weighted by molar-refractivity contribution is 6.32. The van der Waals surface area contributed by atoms with E-state index in [4.69, 9.17) is 35.6 Å². The Morgan fingerprint density at radius 3 is 2.54 bits per heavy atom. The molecule has 48 heavy (non-hydrogen) atoms. The van der Waals surface area contributed by atoms with Gasteiger partial charge >= 0.3 is 0 Å². The van der Waals surface area contributed by atoms with Crippen LogP contribution in [0.5, 0.6) is 11.6 Å². The van der Waals surface area contributed by atoms with Gasteiger partial charge < -0.3 is 24.3 Å². The van der Waals surface area contributed by atoms with Crippen molar-refractivity contribution in [1.29, 1.82) is 0 Å². The molecule has 0 unspecified atom stereocenters. The average molecular weight is 689 g/mol. The van der Waals surface area contributed by atoms with Crippen molar-refractivity contribution in [2.75, 3.05) is 51.4 Å². The van der Waals surface area contributed by atoms with Gasteiger partial charge in [0.1, 0.15) is 37.1 Å². The third-order valence-corrected chi connectivity index (χ3v) is 8.65. The number of anilines is 2. The fraction of sp³-hybridized carbons (Fsp3) is 0.548. The molecule has 258 valence electrons. The minimum Gasteiger partial charge on any atom is -0.487 e. The molecule has 17 heteroatoms. The summed E-state index contributed by atoms with van der Waals surface area (Å²) in [6.07, 6.45) is 8.15. The van der Waals surface area contributed by atoms with E-state index in [2.05, 4.69) is 35.7 Å². The molecule has 1 saturated heterocycles. The quantitative estimate of drug-likeness (QED) is 0.174. The molecule has 1 aliphatic heterocycles. The second-order valence-corrected chi connectivity index (χ2v) is 12.2. The molecule has 0 amide bonds. The Morgan fingerprint density at radius 1 is 1.04 bits per heavy atom. The van der Waals surface area contributed by atoms with E-state index in [1.807, 2.05) is 29.9 Å². The van der Waals surface area contributed by atoms with E-state index >= 15 is 0 Å². The van der Waals surface area contributed by atoms with Crippen LogP contribution in [0.15, 0.2) is 43.1 Å². The van der Waals surface area contributed by atoms with E-state index in [9.17, 15) is 8.78 Å². The minimum atomic E-state index is -2.53. The van der Waals surface area contributed by atoms with E-state index in [0.29, 0.717) is 40.9 Å². The third kappa shape index (κ3) is 9.12. The van der Waals surface area contributed by atoms with Crippen LogP contribution in [0, 0.1) is 0 Å². The van der Waals surface area contributed by atoms with Crippen LogP contribution in [-0.2, 0) is 16.0 Å². The molecule has 6 rings (SSSR count). The van der Waals surface area contributed by atoms with Crippen LogP contribution in [0.1, 0.15) is 38.6 Å². The lowest BCUT2D eigenvalue weighted by atomic mass is 9.90. The van der Waals surface area contributed by atoms with Crippen molar-refractivity contribution in [2.24, 2.45) is 0 Å². The highest BCUT2D eigenvalue weighted by atomic mass is 35.5. The summed E-state index contributed by atoms with van der Waals surface area (Å²) >= 11 is 6.43. The van der Waals surface area contributed by atoms with Crippen LogP contribution in [-0.4, -0.2) is 110 Å². The first-order chi connectivity index (χ1) is 23.4. The van der Waals surface area contributed by atoms with Crippen LogP contribution in [0.2, 0.25) is 5.02 Å². The maximum Gasteiger partial charge on any atom is 0.261 e. The van der Waals surface area contributed by atoms with Gasteiger partial charge in [-0.2, -0.15) is 0 Å². The van der Waals surface area contributed by atoms with Gasteiger partial charge in [-0.3, -0.25) is 9.58 Å². The molecule has 4 heterocycles. The largest absolute Gasteiger partial charge is 0.487 e. The van der Waals surface area contributed by atoms with E-state index in [0.717, 1.165) is 63.1 Å². The van der Waals surface area contributed by atoms with Crippen molar-refractivity contribution in [2.45, 2.75) is 63.8 Å². The Morgan fingerprint density at radius 2 is 1.81 bits per heavy atom. The van der Waals surface area contributed by atoms with Gasteiger partial charge in [0.05, 0.1) is 43.6 Å². The van der Waals surface area contributed by atoms with E-state index < -0.39 is 13.0 Å². The fourth-order valence-corrected chi connectivity index (χ4v) is 6.13. The Labute approximate surface area is 281 Å². The Bertz CT molecular complexity index is 1570. The molecule has 0 radical (unpaired) electrons. The Kier molecular flexibility index (Phi) is 11.6. The van der Waals surface area contributed by atoms with Gasteiger partial charge in [0.25, 0.3) is 12.3 Å². The second kappa shape index (κ2) is 16.4. The monoisotopic (exact) mass is 688 g/mol. The number of benzene rings is 1. The number of morpholine rings is 1. The minimum absolute atomic E-state index is 0.00965. The lowest BCUT2D eigenvalue weighted by Crippen LogP contribution is -2.45. The molecule has 3 aromatic heterocycles. The van der Waals surface area contributed by atoms with Gasteiger partial charge in [0.2, 0.25) is 5.95 Å². The lowest BCUT2D eigenvalue weighted by Gasteiger charge is -2.38.